The third-order valence-corrected chi connectivity index (χ3v) is 5.67. The normalized spacial score (nSPS) is 11.5. The Balaban J connectivity index is -0.00000117. The van der Waals surface area contributed by atoms with E-state index in [0.29, 0.717) is 52.2 Å². The molecule has 3 rings (SSSR count). The number of likely N-dealkylation sites (N-methyl/N-ethyl adjacent to an activating group) is 1. The number of ether oxygens (including phenoxy) is 1. The van der Waals surface area contributed by atoms with Gasteiger partial charge in [-0.15, -0.1) is 7.05 Å². The van der Waals surface area contributed by atoms with Crippen molar-refractivity contribution in [3.63, 3.8) is 0 Å². The number of aromatic nitrogens is 1. The number of carbonyl (C=O) groups is 2. The van der Waals surface area contributed by atoms with Gasteiger partial charge in [-0.05, 0) is 101 Å². The van der Waals surface area contributed by atoms with Crippen molar-refractivity contribution in [3.8, 4) is 16.9 Å². The Bertz CT molecular complexity index is 1200. The number of aliphatic carboxylic acids is 1. The van der Waals surface area contributed by atoms with Crippen LogP contribution in [0.5, 0.6) is 5.75 Å². The van der Waals surface area contributed by atoms with Crippen molar-refractivity contribution in [1.29, 1.82) is 0 Å². The minimum absolute atomic E-state index is 0. The Morgan fingerprint density at radius 2 is 1.58 bits per heavy atom. The predicted octanol–water partition coefficient (Wildman–Crippen LogP) is 8.55. The molecule has 242 valence electrons. The van der Waals surface area contributed by atoms with Gasteiger partial charge in [0.1, 0.15) is 0 Å². The average molecular weight is 768 g/mol. The van der Waals surface area contributed by atoms with Gasteiger partial charge in [-0.25, -0.2) is 4.39 Å². The molecule has 0 atom stereocenters. The summed E-state index contributed by atoms with van der Waals surface area (Å²) in [7, 11) is 1.42. The molecule has 2 heterocycles. The van der Waals surface area contributed by atoms with Crippen LogP contribution >= 0.6 is 0 Å². The Hall–Kier alpha value is -2.39. The number of hydrogen-bond donors (Lipinski definition) is 2. The van der Waals surface area contributed by atoms with Gasteiger partial charge in [0.2, 0.25) is 0 Å². The van der Waals surface area contributed by atoms with Crippen LogP contribution in [-0.2, 0) is 48.3 Å². The number of pyridine rings is 1. The van der Waals surface area contributed by atoms with Crippen LogP contribution in [0.4, 0.5) is 4.39 Å². The SMILES string of the molecule is CC.CC.CC.CC(C)(C)O.C[N-]C(=O)/C(C)=C/c1c(C)nc(C)c(CC(=O)O)c1-c1cc(F)c2c(c1C)CCCO2.[Hf]. The summed E-state index contributed by atoms with van der Waals surface area (Å²) < 4.78 is 20.6. The first-order valence-electron chi connectivity index (χ1n) is 14.9. The predicted molar refractivity (Wildman–Crippen MR) is 173 cm³/mol. The Kier molecular flexibility index (Phi) is 23.2. The summed E-state index contributed by atoms with van der Waals surface area (Å²) in [6.45, 7) is 24.8. The molecule has 0 saturated carbocycles. The van der Waals surface area contributed by atoms with Gasteiger partial charge in [-0.3, -0.25) is 9.78 Å². The number of nitrogens with zero attached hydrogens (tertiary/aromatic N) is 2. The molecule has 1 aliphatic rings. The van der Waals surface area contributed by atoms with E-state index >= 15 is 4.39 Å². The molecule has 2 aromatic rings. The molecule has 7 nitrogen and oxygen atoms in total. The van der Waals surface area contributed by atoms with Gasteiger partial charge >= 0.3 is 5.97 Å². The topological polar surface area (TPSA) is 111 Å². The first kappa shape index (κ1) is 45.0. The number of aryl methyl sites for hydroxylation is 2. The van der Waals surface area contributed by atoms with E-state index in [4.69, 9.17) is 9.84 Å². The maximum atomic E-state index is 15.0. The zero-order valence-electron chi connectivity index (χ0n) is 28.9. The van der Waals surface area contributed by atoms with Crippen LogP contribution < -0.4 is 4.74 Å². The summed E-state index contributed by atoms with van der Waals surface area (Å²) in [5.74, 6) is -1.61. The van der Waals surface area contributed by atoms with E-state index in [2.05, 4.69) is 10.3 Å². The van der Waals surface area contributed by atoms with Crippen molar-refractivity contribution < 1.29 is 54.8 Å². The molecule has 0 spiro atoms. The fourth-order valence-electron chi connectivity index (χ4n) is 4.13. The standard InChI is InChI=1S/C24H27FN2O4.C4H10O.3C2H6.Hf/c1-12(24(30)26-5)9-18-14(3)27-15(4)19(11-21(28)29)22(18)17-10-20(25)23-16(13(17)2)7-6-8-31-23;1-4(2,3)5;3*1-2;/h9-10H,6-8,11H2,1-5H3,(H2,26,28,29,30);5H,1-3H3;3*1-2H3;/p-1/b12-9+;;;;;. The second-order valence-corrected chi connectivity index (χ2v) is 9.94. The van der Waals surface area contributed by atoms with Crippen LogP contribution in [0, 0.1) is 26.6 Å². The number of hydrogen-bond acceptors (Lipinski definition) is 5. The fraction of sp³-hybridized carbons (Fsp3) is 0.559. The third-order valence-electron chi connectivity index (χ3n) is 5.67. The van der Waals surface area contributed by atoms with Gasteiger partial charge in [0.25, 0.3) is 0 Å². The second-order valence-electron chi connectivity index (χ2n) is 9.94. The van der Waals surface area contributed by atoms with E-state index < -0.39 is 17.4 Å². The molecule has 9 heteroatoms. The Labute approximate surface area is 278 Å². The molecule has 0 aliphatic carbocycles. The van der Waals surface area contributed by atoms with Crippen LogP contribution in [0.1, 0.15) is 109 Å². The van der Waals surface area contributed by atoms with Crippen LogP contribution in [0.25, 0.3) is 22.5 Å². The number of halogens is 1. The molecule has 0 bridgehead atoms. The van der Waals surface area contributed by atoms with Crippen molar-refractivity contribution in [2.75, 3.05) is 13.7 Å². The van der Waals surface area contributed by atoms with Gasteiger partial charge in [-0.2, -0.15) is 0 Å². The molecule has 1 amide bonds. The van der Waals surface area contributed by atoms with Crippen molar-refractivity contribution in [1.82, 2.24) is 4.98 Å². The molecule has 0 unspecified atom stereocenters. The number of carboxylic acids is 1. The van der Waals surface area contributed by atoms with Crippen LogP contribution in [-0.4, -0.2) is 46.3 Å². The van der Waals surface area contributed by atoms with Gasteiger partial charge in [0.15, 0.2) is 11.6 Å². The van der Waals surface area contributed by atoms with Crippen LogP contribution in [0.3, 0.4) is 0 Å². The zero-order chi connectivity index (χ0) is 33.4. The molecular weight excluding hydrogens is 714 g/mol. The molecule has 43 heavy (non-hydrogen) atoms. The molecule has 1 aromatic carbocycles. The quantitative estimate of drug-likeness (QED) is 0.233. The number of amides is 1. The maximum Gasteiger partial charge on any atom is 0.307 e. The van der Waals surface area contributed by atoms with Crippen LogP contribution in [0.15, 0.2) is 11.6 Å². The van der Waals surface area contributed by atoms with E-state index in [1.807, 2.05) is 48.5 Å². The van der Waals surface area contributed by atoms with Gasteiger partial charge in [0, 0.05) is 48.4 Å². The number of rotatable bonds is 5. The van der Waals surface area contributed by atoms with E-state index in [-0.39, 0.29) is 43.9 Å². The maximum absolute atomic E-state index is 15.0. The minimum atomic E-state index is -1.01. The second kappa shape index (κ2) is 22.2. The average Bonchev–Trinajstić information content (AvgIpc) is 2.95. The van der Waals surface area contributed by atoms with E-state index in [9.17, 15) is 14.7 Å². The van der Waals surface area contributed by atoms with Gasteiger partial charge < -0.3 is 25.1 Å². The van der Waals surface area contributed by atoms with E-state index in [0.717, 1.165) is 17.5 Å². The largest absolute Gasteiger partial charge is 0.652 e. The summed E-state index contributed by atoms with van der Waals surface area (Å²) in [4.78, 5) is 28.3. The molecule has 1 aliphatic heterocycles. The van der Waals surface area contributed by atoms with Crippen LogP contribution in [0.2, 0.25) is 0 Å². The Morgan fingerprint density at radius 1 is 1.07 bits per heavy atom. The minimum Gasteiger partial charge on any atom is -0.652 e. The smallest absolute Gasteiger partial charge is 0.307 e. The number of fused-ring (bicyclic) bond motifs is 1. The van der Waals surface area contributed by atoms with Gasteiger partial charge in [-0.1, -0.05) is 41.5 Å². The molecular formula is C34H54FHfN2O5-. The van der Waals surface area contributed by atoms with Crippen molar-refractivity contribution in [2.45, 2.75) is 115 Å². The van der Waals surface area contributed by atoms with Crippen molar-refractivity contribution in [3.05, 3.63) is 56.4 Å². The monoisotopic (exact) mass is 769 g/mol. The number of benzene rings is 1. The van der Waals surface area contributed by atoms with Gasteiger partial charge in [0.05, 0.1) is 24.5 Å². The molecule has 0 saturated heterocycles. The van der Waals surface area contributed by atoms with Crippen molar-refractivity contribution in [2.24, 2.45) is 0 Å². The molecule has 2 N–H and O–H groups in total. The van der Waals surface area contributed by atoms with E-state index in [1.54, 1.807) is 47.6 Å². The first-order valence-corrected chi connectivity index (χ1v) is 14.9. The summed E-state index contributed by atoms with van der Waals surface area (Å²) >= 11 is 0. The van der Waals surface area contributed by atoms with Crippen molar-refractivity contribution >= 4 is 18.0 Å². The number of aliphatic hydroxyl groups is 1. The summed E-state index contributed by atoms with van der Waals surface area (Å²) in [6, 6.07) is 1.40. The van der Waals surface area contributed by atoms with E-state index in [1.165, 1.54) is 13.1 Å². The molecule has 0 radical (unpaired) electrons. The summed E-state index contributed by atoms with van der Waals surface area (Å²) in [5, 5.41) is 21.8. The first-order chi connectivity index (χ1) is 19.6. The third kappa shape index (κ3) is 14.3. The zero-order valence-corrected chi connectivity index (χ0v) is 32.5. The Morgan fingerprint density at radius 3 is 2.05 bits per heavy atom. The number of carbonyl (C=O) groups excluding carboxylic acids is 1. The summed E-state index contributed by atoms with van der Waals surface area (Å²) in [5.41, 5.74) is 4.97. The number of carboxylic acid groups (broad SMARTS) is 1. The molecule has 1 aromatic heterocycles. The summed E-state index contributed by atoms with van der Waals surface area (Å²) in [6.07, 6.45) is 2.85. The fourth-order valence-corrected chi connectivity index (χ4v) is 4.13. The molecule has 0 fully saturated rings.